The second kappa shape index (κ2) is 12.0. The summed E-state index contributed by atoms with van der Waals surface area (Å²) >= 11 is 1.93. The van der Waals surface area contributed by atoms with Gasteiger partial charge in [-0.1, -0.05) is 18.9 Å². The number of nitrogens with zero attached hydrogens (tertiary/aromatic N) is 7. The number of amides is 3. The Bertz CT molecular complexity index is 2010. The molecule has 4 heterocycles. The molecule has 15 heteroatoms. The molecular formula is C31H28F2IN9O3. The molecule has 46 heavy (non-hydrogen) atoms. The molecule has 0 bridgehead atoms. The van der Waals surface area contributed by atoms with E-state index in [0.717, 1.165) is 36.8 Å². The van der Waals surface area contributed by atoms with Crippen LogP contribution in [0.3, 0.4) is 0 Å². The number of nitrogens with two attached hydrogens (primary N) is 1. The van der Waals surface area contributed by atoms with E-state index in [-0.39, 0.29) is 37.2 Å². The van der Waals surface area contributed by atoms with Gasteiger partial charge in [-0.15, -0.1) is 0 Å². The molecule has 236 valence electrons. The zero-order chi connectivity index (χ0) is 32.1. The molecule has 1 aliphatic heterocycles. The predicted molar refractivity (Wildman–Crippen MR) is 173 cm³/mol. The topological polar surface area (TPSA) is 154 Å². The van der Waals surface area contributed by atoms with Crippen molar-refractivity contribution < 1.29 is 23.2 Å². The third kappa shape index (κ3) is 5.35. The van der Waals surface area contributed by atoms with Gasteiger partial charge in [0, 0.05) is 23.4 Å². The van der Waals surface area contributed by atoms with Crippen LogP contribution in [0.25, 0.3) is 33.1 Å². The Morgan fingerprint density at radius 2 is 1.87 bits per heavy atom. The highest BCUT2D eigenvalue weighted by Crippen LogP contribution is 2.37. The van der Waals surface area contributed by atoms with E-state index in [2.05, 4.69) is 25.6 Å². The molecular weight excluding hydrogens is 711 g/mol. The summed E-state index contributed by atoms with van der Waals surface area (Å²) in [7, 11) is 0. The number of halogens is 3. The molecule has 2 aliphatic rings. The number of carbonyl (C=O) groups is 3. The number of nitrogens with one attached hydrogen (secondary N) is 1. The first kappa shape index (κ1) is 30.1. The summed E-state index contributed by atoms with van der Waals surface area (Å²) in [4.78, 5) is 45.4. The first-order valence-electron chi connectivity index (χ1n) is 14.9. The minimum absolute atomic E-state index is 0.0292. The van der Waals surface area contributed by atoms with Crippen molar-refractivity contribution in [2.24, 2.45) is 5.73 Å². The number of hydrogen-bond acceptors (Lipinski definition) is 7. The van der Waals surface area contributed by atoms with Gasteiger partial charge in [-0.2, -0.15) is 15.3 Å². The van der Waals surface area contributed by atoms with E-state index < -0.39 is 35.8 Å². The van der Waals surface area contributed by atoms with Gasteiger partial charge in [0.2, 0.25) is 17.8 Å². The van der Waals surface area contributed by atoms with E-state index in [4.69, 9.17) is 5.73 Å². The van der Waals surface area contributed by atoms with Crippen molar-refractivity contribution in [3.8, 4) is 11.1 Å². The number of aromatic nitrogens is 6. The number of alkyl halides is 1. The Hall–Kier alpha value is -4.54. The second-order valence-electron chi connectivity index (χ2n) is 11.6. The molecule has 3 aromatic heterocycles. The van der Waals surface area contributed by atoms with Crippen LogP contribution in [0.5, 0.6) is 0 Å². The number of imidazole rings is 1. The Labute approximate surface area is 274 Å². The average molecular weight is 740 g/mol. The molecule has 5 aromatic rings. The van der Waals surface area contributed by atoms with Crippen molar-refractivity contribution >= 4 is 68.2 Å². The highest BCUT2D eigenvalue weighted by atomic mass is 127. The van der Waals surface area contributed by atoms with Gasteiger partial charge in [-0.05, 0) is 71.3 Å². The average Bonchev–Trinajstić information content (AvgIpc) is 3.85. The summed E-state index contributed by atoms with van der Waals surface area (Å²) in [6.45, 7) is -0.648. The fourth-order valence-electron chi connectivity index (χ4n) is 6.57. The molecule has 2 fully saturated rings. The van der Waals surface area contributed by atoms with Crippen LogP contribution >= 0.6 is 22.6 Å². The van der Waals surface area contributed by atoms with Crippen molar-refractivity contribution in [2.75, 3.05) is 11.9 Å². The molecule has 1 aliphatic carbocycles. The lowest BCUT2D eigenvalue weighted by molar-refractivity contribution is -0.137. The lowest BCUT2D eigenvalue weighted by atomic mass is 10.0. The monoisotopic (exact) mass is 739 g/mol. The van der Waals surface area contributed by atoms with Crippen LogP contribution in [0.1, 0.15) is 48.6 Å². The smallest absolute Gasteiger partial charge is 0.269 e. The van der Waals surface area contributed by atoms with E-state index in [1.54, 1.807) is 53.4 Å². The maximum absolute atomic E-state index is 15.3. The second-order valence-corrected chi connectivity index (χ2v) is 12.8. The van der Waals surface area contributed by atoms with Gasteiger partial charge in [-0.3, -0.25) is 24.4 Å². The Kier molecular flexibility index (Phi) is 7.86. The molecule has 1 saturated heterocycles. The number of fused-ring (bicyclic) bond motifs is 2. The van der Waals surface area contributed by atoms with E-state index in [1.807, 2.05) is 22.6 Å². The fraction of sp³-hybridized carbons (Fsp3) is 0.323. The molecule has 1 saturated carbocycles. The number of primary amides is 1. The third-order valence-electron chi connectivity index (χ3n) is 8.73. The number of carbonyl (C=O) groups excluding carboxylic acids is 3. The summed E-state index contributed by atoms with van der Waals surface area (Å²) in [6, 6.07) is 9.13. The summed E-state index contributed by atoms with van der Waals surface area (Å²) in [5, 5.41) is 15.2. The van der Waals surface area contributed by atoms with Gasteiger partial charge in [-0.25, -0.2) is 13.8 Å². The number of rotatable bonds is 7. The molecule has 3 amide bonds. The third-order valence-corrected chi connectivity index (χ3v) is 9.56. The van der Waals surface area contributed by atoms with Crippen LogP contribution in [-0.4, -0.2) is 70.9 Å². The van der Waals surface area contributed by atoms with Gasteiger partial charge in [0.1, 0.15) is 24.3 Å². The van der Waals surface area contributed by atoms with E-state index in [1.165, 1.54) is 9.58 Å². The molecule has 0 spiro atoms. The first-order chi connectivity index (χ1) is 22.2. The minimum Gasteiger partial charge on any atom is -0.364 e. The number of benzene rings is 2. The summed E-state index contributed by atoms with van der Waals surface area (Å²) < 4.78 is 33.7. The fourth-order valence-corrected chi connectivity index (χ4v) is 7.01. The molecule has 0 radical (unpaired) electrons. The Balaban J connectivity index is 1.17. The largest absolute Gasteiger partial charge is 0.364 e. The van der Waals surface area contributed by atoms with Crippen LogP contribution in [0.2, 0.25) is 0 Å². The molecule has 3 N–H and O–H groups in total. The van der Waals surface area contributed by atoms with Gasteiger partial charge in [0.05, 0.1) is 33.5 Å². The van der Waals surface area contributed by atoms with Crippen molar-refractivity contribution in [2.45, 2.75) is 56.9 Å². The maximum atomic E-state index is 15.3. The van der Waals surface area contributed by atoms with Crippen LogP contribution in [0.4, 0.5) is 14.7 Å². The van der Waals surface area contributed by atoms with Crippen molar-refractivity contribution in [1.29, 1.82) is 0 Å². The van der Waals surface area contributed by atoms with Crippen molar-refractivity contribution in [3.63, 3.8) is 0 Å². The number of anilines is 1. The van der Waals surface area contributed by atoms with Crippen LogP contribution in [0, 0.1) is 9.39 Å². The van der Waals surface area contributed by atoms with Crippen LogP contribution < -0.4 is 11.1 Å². The normalized spacial score (nSPS) is 18.5. The van der Waals surface area contributed by atoms with Gasteiger partial charge < -0.3 is 15.2 Å². The summed E-state index contributed by atoms with van der Waals surface area (Å²) in [5.74, 6) is -2.19. The standard InChI is InChI=1S/C31H28F2IN9O3/c32-18-12-24(30(46)39-31-38-22-7-6-21(34)26(33)28(22)43(31)19-3-1-2-4-19)41(14-18)25(44)15-42-23-8-5-16(17-9-10-36-37-13-17)11-20(23)27(40-42)29(35)45/h5-11,13,18-19,24H,1-4,12,14-15H2,(H2,35,45)(H,38,39,46). The van der Waals surface area contributed by atoms with Gasteiger partial charge >= 0.3 is 0 Å². The van der Waals surface area contributed by atoms with Crippen LogP contribution in [0.15, 0.2) is 48.8 Å². The SMILES string of the molecule is NC(=O)c1nn(CC(=O)N2CC(F)CC2C(=O)Nc2nc3ccc(I)c(F)c3n2C2CCCC2)c2ccc(-c3ccnnc3)cc12. The van der Waals surface area contributed by atoms with E-state index >= 15 is 4.39 Å². The molecule has 12 nitrogen and oxygen atoms in total. The van der Waals surface area contributed by atoms with E-state index in [9.17, 15) is 18.8 Å². The quantitative estimate of drug-likeness (QED) is 0.235. The Morgan fingerprint density at radius 1 is 1.07 bits per heavy atom. The maximum Gasteiger partial charge on any atom is 0.269 e. The minimum atomic E-state index is -1.43. The highest BCUT2D eigenvalue weighted by molar-refractivity contribution is 14.1. The van der Waals surface area contributed by atoms with Crippen molar-refractivity contribution in [3.05, 3.63) is 63.9 Å². The highest BCUT2D eigenvalue weighted by Gasteiger charge is 2.41. The lowest BCUT2D eigenvalue weighted by Crippen LogP contribution is -2.45. The lowest BCUT2D eigenvalue weighted by Gasteiger charge is -2.24. The summed E-state index contributed by atoms with van der Waals surface area (Å²) in [6.07, 6.45) is 5.05. The molecule has 2 unspecified atom stereocenters. The molecule has 2 aromatic carbocycles. The number of hydrogen-bond donors (Lipinski definition) is 2. The zero-order valence-corrected chi connectivity index (χ0v) is 26.5. The Morgan fingerprint density at radius 3 is 2.61 bits per heavy atom. The van der Waals surface area contributed by atoms with E-state index in [0.29, 0.717) is 25.5 Å². The van der Waals surface area contributed by atoms with Crippen LogP contribution in [-0.2, 0) is 16.1 Å². The zero-order valence-electron chi connectivity index (χ0n) is 24.4. The summed E-state index contributed by atoms with van der Waals surface area (Å²) in [5.41, 5.74) is 8.28. The first-order valence-corrected chi connectivity index (χ1v) is 15.9. The number of likely N-dealkylation sites (tertiary alicyclic amines) is 1. The predicted octanol–water partition coefficient (Wildman–Crippen LogP) is 4.38. The van der Waals surface area contributed by atoms with Gasteiger partial charge in [0.25, 0.3) is 5.91 Å². The van der Waals surface area contributed by atoms with Gasteiger partial charge in [0.15, 0.2) is 11.5 Å². The molecule has 7 rings (SSSR count). The molecule has 2 atom stereocenters. The van der Waals surface area contributed by atoms with Crippen molar-refractivity contribution in [1.82, 2.24) is 34.4 Å².